The number of hydrogen-bond acceptors (Lipinski definition) is 5. The number of sulfonamides is 2. The smallest absolute Gasteiger partial charge is 0.264 e. The average Bonchev–Trinajstić information content (AvgIpc) is 2.90. The van der Waals surface area contributed by atoms with Crippen LogP contribution in [0.1, 0.15) is 5.56 Å². The number of hydrogen-bond donors (Lipinski definition) is 2. The Balaban J connectivity index is 1.52. The number of halogens is 2. The Morgan fingerprint density at radius 3 is 1.90 bits per heavy atom. The van der Waals surface area contributed by atoms with Gasteiger partial charge in [-0.3, -0.25) is 13.8 Å². The lowest BCUT2D eigenvalue weighted by Crippen LogP contribution is -2.38. The van der Waals surface area contributed by atoms with Crippen LogP contribution >= 0.6 is 27.5 Å². The third-order valence-electron chi connectivity index (χ3n) is 5.56. The molecule has 4 aromatic rings. The number of carbonyl (C=O) groups excluding carboxylic acids is 1. The van der Waals surface area contributed by atoms with Gasteiger partial charge in [0.1, 0.15) is 6.54 Å². The molecule has 0 aliphatic heterocycles. The van der Waals surface area contributed by atoms with Crippen LogP contribution < -0.4 is 14.3 Å². The van der Waals surface area contributed by atoms with E-state index >= 15 is 0 Å². The second kappa shape index (κ2) is 11.8. The van der Waals surface area contributed by atoms with Crippen molar-refractivity contribution < 1.29 is 21.6 Å². The molecule has 4 rings (SSSR count). The SMILES string of the molecule is Cc1ccc(S(=O)(=O)N(CC(=O)Nc2ccc(S(=O)(=O)Nc3ccc(Br)cc3)cc2)c2ccc(Cl)cc2)cc1. The Bertz CT molecular complexity index is 1680. The van der Waals surface area contributed by atoms with Crippen molar-refractivity contribution in [2.24, 2.45) is 0 Å². The van der Waals surface area contributed by atoms with Crippen molar-refractivity contribution in [3.63, 3.8) is 0 Å². The predicted molar refractivity (Wildman–Crippen MR) is 157 cm³/mol. The van der Waals surface area contributed by atoms with E-state index in [1.807, 2.05) is 6.92 Å². The first-order valence-corrected chi connectivity index (χ1v) is 15.6. The Kier molecular flexibility index (Phi) is 8.65. The van der Waals surface area contributed by atoms with Crippen LogP contribution in [0.2, 0.25) is 5.02 Å². The standard InChI is InChI=1S/C27H23BrClN3O5S2/c1-19-2-14-26(15-3-19)39(36,37)32(24-12-6-21(29)7-13-24)18-27(33)30-22-10-16-25(17-11-22)38(34,35)31-23-8-4-20(28)5-9-23/h2-17,31H,18H2,1H3,(H,30,33). The molecule has 0 saturated carbocycles. The molecule has 2 N–H and O–H groups in total. The molecule has 0 aliphatic carbocycles. The van der Waals surface area contributed by atoms with Crippen LogP contribution in [0.25, 0.3) is 0 Å². The number of rotatable bonds is 9. The van der Waals surface area contributed by atoms with E-state index in [4.69, 9.17) is 11.6 Å². The molecule has 0 saturated heterocycles. The highest BCUT2D eigenvalue weighted by Gasteiger charge is 2.27. The number of aryl methyl sites for hydroxylation is 1. The Hall–Kier alpha value is -3.38. The molecular formula is C27H23BrClN3O5S2. The molecule has 202 valence electrons. The van der Waals surface area contributed by atoms with Crippen LogP contribution in [0, 0.1) is 6.92 Å². The average molecular weight is 649 g/mol. The van der Waals surface area contributed by atoms with Crippen molar-refractivity contribution in [1.29, 1.82) is 0 Å². The highest BCUT2D eigenvalue weighted by molar-refractivity contribution is 9.10. The fourth-order valence-corrected chi connectivity index (χ4v) is 6.41. The van der Waals surface area contributed by atoms with E-state index in [0.29, 0.717) is 16.4 Å². The van der Waals surface area contributed by atoms with Gasteiger partial charge in [0.05, 0.1) is 15.5 Å². The third-order valence-corrected chi connectivity index (χ3v) is 9.52. The molecule has 0 radical (unpaired) electrons. The normalized spacial score (nSPS) is 11.6. The molecule has 0 aromatic heterocycles. The topological polar surface area (TPSA) is 113 Å². The monoisotopic (exact) mass is 647 g/mol. The summed E-state index contributed by atoms with van der Waals surface area (Å²) in [5, 5.41) is 3.05. The largest absolute Gasteiger partial charge is 0.325 e. The summed E-state index contributed by atoms with van der Waals surface area (Å²) in [7, 11) is -7.95. The van der Waals surface area contributed by atoms with Gasteiger partial charge >= 0.3 is 0 Å². The van der Waals surface area contributed by atoms with Gasteiger partial charge in [0.25, 0.3) is 20.0 Å². The van der Waals surface area contributed by atoms with Gasteiger partial charge in [-0.05, 0) is 91.9 Å². The fourth-order valence-electron chi connectivity index (χ4n) is 3.54. The van der Waals surface area contributed by atoms with Gasteiger partial charge in [0, 0.05) is 20.9 Å². The van der Waals surface area contributed by atoms with Crippen LogP contribution in [0.3, 0.4) is 0 Å². The van der Waals surface area contributed by atoms with Crippen LogP contribution in [0.5, 0.6) is 0 Å². The van der Waals surface area contributed by atoms with E-state index in [2.05, 4.69) is 26.0 Å². The van der Waals surface area contributed by atoms with Crippen LogP contribution in [-0.2, 0) is 24.8 Å². The lowest BCUT2D eigenvalue weighted by molar-refractivity contribution is -0.114. The molecule has 8 nitrogen and oxygen atoms in total. The van der Waals surface area contributed by atoms with Gasteiger partial charge in [-0.15, -0.1) is 0 Å². The third kappa shape index (κ3) is 7.18. The molecule has 39 heavy (non-hydrogen) atoms. The van der Waals surface area contributed by atoms with E-state index in [1.54, 1.807) is 36.4 Å². The van der Waals surface area contributed by atoms with Crippen molar-refractivity contribution in [1.82, 2.24) is 0 Å². The van der Waals surface area contributed by atoms with Crippen molar-refractivity contribution in [2.45, 2.75) is 16.7 Å². The van der Waals surface area contributed by atoms with Crippen molar-refractivity contribution in [3.05, 3.63) is 112 Å². The predicted octanol–water partition coefficient (Wildman–Crippen LogP) is 6.05. The van der Waals surface area contributed by atoms with Crippen molar-refractivity contribution in [2.75, 3.05) is 20.9 Å². The number of nitrogens with one attached hydrogen (secondary N) is 2. The van der Waals surface area contributed by atoms with Crippen molar-refractivity contribution >= 4 is 70.5 Å². The molecule has 4 aromatic carbocycles. The van der Waals surface area contributed by atoms with Crippen molar-refractivity contribution in [3.8, 4) is 0 Å². The van der Waals surface area contributed by atoms with Crippen LogP contribution in [-0.4, -0.2) is 29.3 Å². The minimum absolute atomic E-state index is 0.00634. The summed E-state index contributed by atoms with van der Waals surface area (Å²) in [6, 6.07) is 24.6. The first kappa shape index (κ1) is 28.6. The summed E-state index contributed by atoms with van der Waals surface area (Å²) in [6.45, 7) is 1.32. The quantitative estimate of drug-likeness (QED) is 0.230. The molecule has 0 fully saturated rings. The molecule has 0 heterocycles. The lowest BCUT2D eigenvalue weighted by Gasteiger charge is -2.24. The molecule has 0 unspecified atom stereocenters. The van der Waals surface area contributed by atoms with Gasteiger partial charge in [-0.2, -0.15) is 0 Å². The maximum atomic E-state index is 13.5. The summed E-state index contributed by atoms with van der Waals surface area (Å²) in [4.78, 5) is 13.0. The summed E-state index contributed by atoms with van der Waals surface area (Å²) in [5.74, 6) is -0.621. The Morgan fingerprint density at radius 1 is 0.769 bits per heavy atom. The minimum atomic E-state index is -4.09. The van der Waals surface area contributed by atoms with E-state index in [1.165, 1.54) is 60.7 Å². The van der Waals surface area contributed by atoms with Gasteiger partial charge in [0.2, 0.25) is 5.91 Å². The number of amides is 1. The van der Waals surface area contributed by atoms with Gasteiger partial charge in [0.15, 0.2) is 0 Å². The lowest BCUT2D eigenvalue weighted by atomic mass is 10.2. The molecule has 0 bridgehead atoms. The highest BCUT2D eigenvalue weighted by Crippen LogP contribution is 2.26. The summed E-state index contributed by atoms with van der Waals surface area (Å²) < 4.78 is 56.7. The Morgan fingerprint density at radius 2 is 1.31 bits per heavy atom. The van der Waals surface area contributed by atoms with Gasteiger partial charge in [-0.1, -0.05) is 45.2 Å². The Labute approximate surface area is 240 Å². The first-order chi connectivity index (χ1) is 18.4. The molecule has 0 atom stereocenters. The number of carbonyl (C=O) groups is 1. The summed E-state index contributed by atoms with van der Waals surface area (Å²) in [5.41, 5.74) is 1.84. The second-order valence-electron chi connectivity index (χ2n) is 8.49. The molecule has 1 amide bonds. The highest BCUT2D eigenvalue weighted by atomic mass is 79.9. The van der Waals surface area contributed by atoms with Gasteiger partial charge in [-0.25, -0.2) is 16.8 Å². The summed E-state index contributed by atoms with van der Waals surface area (Å²) >= 11 is 9.28. The molecule has 0 spiro atoms. The number of anilines is 3. The first-order valence-electron chi connectivity index (χ1n) is 11.5. The molecular weight excluding hydrogens is 626 g/mol. The zero-order valence-corrected chi connectivity index (χ0v) is 24.5. The fraction of sp³-hybridized carbons (Fsp3) is 0.0741. The number of nitrogens with zero attached hydrogens (tertiary/aromatic N) is 1. The molecule has 0 aliphatic rings. The van der Waals surface area contributed by atoms with Crippen LogP contribution in [0.15, 0.2) is 111 Å². The zero-order chi connectivity index (χ0) is 28.2. The van der Waals surface area contributed by atoms with E-state index in [-0.39, 0.29) is 15.5 Å². The zero-order valence-electron chi connectivity index (χ0n) is 20.5. The maximum absolute atomic E-state index is 13.5. The minimum Gasteiger partial charge on any atom is -0.325 e. The van der Waals surface area contributed by atoms with Crippen LogP contribution in [0.4, 0.5) is 17.1 Å². The van der Waals surface area contributed by atoms with Gasteiger partial charge < -0.3 is 5.32 Å². The second-order valence-corrected chi connectivity index (χ2v) is 13.4. The van der Waals surface area contributed by atoms with E-state index < -0.39 is 32.5 Å². The van der Waals surface area contributed by atoms with E-state index in [9.17, 15) is 21.6 Å². The number of benzene rings is 4. The maximum Gasteiger partial charge on any atom is 0.264 e. The van der Waals surface area contributed by atoms with E-state index in [0.717, 1.165) is 14.3 Å². The summed E-state index contributed by atoms with van der Waals surface area (Å²) in [6.07, 6.45) is 0. The molecule has 12 heteroatoms.